The van der Waals surface area contributed by atoms with Crippen molar-refractivity contribution in [3.63, 3.8) is 0 Å². The molecule has 0 atom stereocenters. The minimum Gasteiger partial charge on any atom is -0.372 e. The zero-order valence-corrected chi connectivity index (χ0v) is 14.4. The minimum absolute atomic E-state index is 0.215. The first-order valence-corrected chi connectivity index (χ1v) is 8.42. The van der Waals surface area contributed by atoms with Gasteiger partial charge in [0.25, 0.3) is 0 Å². The number of aryl methyl sites for hydroxylation is 1. The van der Waals surface area contributed by atoms with Gasteiger partial charge in [0.05, 0.1) is 0 Å². The van der Waals surface area contributed by atoms with Crippen molar-refractivity contribution in [1.29, 1.82) is 0 Å². The zero-order valence-electron chi connectivity index (χ0n) is 14.4. The molecule has 1 aliphatic rings. The van der Waals surface area contributed by atoms with Gasteiger partial charge >= 0.3 is 11.8 Å². The Balaban J connectivity index is 1.55. The van der Waals surface area contributed by atoms with Gasteiger partial charge in [-0.3, -0.25) is 14.9 Å². The first-order valence-electron chi connectivity index (χ1n) is 8.42. The van der Waals surface area contributed by atoms with E-state index < -0.39 is 11.8 Å². The molecule has 3 rings (SSSR count). The van der Waals surface area contributed by atoms with Crippen LogP contribution in [0.1, 0.15) is 25.5 Å². The van der Waals surface area contributed by atoms with E-state index in [1.165, 1.54) is 12.8 Å². The summed E-state index contributed by atoms with van der Waals surface area (Å²) in [6, 6.07) is 9.08. The van der Waals surface area contributed by atoms with Crippen LogP contribution >= 0.6 is 0 Å². The Bertz CT molecular complexity index is 746. The standard InChI is InChI=1S/C18H22N4O3/c1-12-7-9-22(10-8-12)15-5-3-14(4-6-15)19-17(23)18(24)20-16-11-13(2)25-21-16/h3-6,11-12H,7-10H2,1-2H3,(H,19,23)(H,20,21,24). The summed E-state index contributed by atoms with van der Waals surface area (Å²) in [5, 5.41) is 8.59. The SMILES string of the molecule is Cc1cc(NC(=O)C(=O)Nc2ccc(N3CCC(C)CC3)cc2)no1. The molecule has 25 heavy (non-hydrogen) atoms. The summed E-state index contributed by atoms with van der Waals surface area (Å²) < 4.78 is 4.84. The highest BCUT2D eigenvalue weighted by molar-refractivity contribution is 6.43. The smallest absolute Gasteiger partial charge is 0.315 e. The Labute approximate surface area is 146 Å². The molecule has 0 radical (unpaired) electrons. The molecule has 0 saturated carbocycles. The number of benzene rings is 1. The fraction of sp³-hybridized carbons (Fsp3) is 0.389. The molecular formula is C18H22N4O3. The average Bonchev–Trinajstić information content (AvgIpc) is 3.01. The second-order valence-corrected chi connectivity index (χ2v) is 6.45. The van der Waals surface area contributed by atoms with Gasteiger partial charge in [0, 0.05) is 30.5 Å². The van der Waals surface area contributed by atoms with E-state index in [2.05, 4.69) is 27.6 Å². The predicted octanol–water partition coefficient (Wildman–Crippen LogP) is 2.80. The molecular weight excluding hydrogens is 320 g/mol. The molecule has 0 unspecified atom stereocenters. The Kier molecular flexibility index (Phi) is 5.02. The van der Waals surface area contributed by atoms with E-state index in [0.29, 0.717) is 11.4 Å². The van der Waals surface area contributed by atoms with Crippen molar-refractivity contribution in [1.82, 2.24) is 5.16 Å². The lowest BCUT2D eigenvalue weighted by molar-refractivity contribution is -0.133. The number of rotatable bonds is 3. The Hall–Kier alpha value is -2.83. The molecule has 0 bridgehead atoms. The molecule has 132 valence electrons. The second-order valence-electron chi connectivity index (χ2n) is 6.45. The third kappa shape index (κ3) is 4.37. The van der Waals surface area contributed by atoms with Crippen molar-refractivity contribution in [2.24, 2.45) is 5.92 Å². The lowest BCUT2D eigenvalue weighted by Crippen LogP contribution is -2.32. The first kappa shape index (κ1) is 17.0. The van der Waals surface area contributed by atoms with Crippen LogP contribution in [0.4, 0.5) is 17.2 Å². The number of carbonyl (C=O) groups excluding carboxylic acids is 2. The van der Waals surface area contributed by atoms with Crippen molar-refractivity contribution in [3.8, 4) is 0 Å². The summed E-state index contributed by atoms with van der Waals surface area (Å²) >= 11 is 0. The molecule has 1 aliphatic heterocycles. The third-order valence-electron chi connectivity index (χ3n) is 4.35. The largest absolute Gasteiger partial charge is 0.372 e. The molecule has 2 heterocycles. The highest BCUT2D eigenvalue weighted by atomic mass is 16.5. The van der Waals surface area contributed by atoms with Gasteiger partial charge in [-0.05, 0) is 49.9 Å². The maximum Gasteiger partial charge on any atom is 0.315 e. The molecule has 1 aromatic carbocycles. The van der Waals surface area contributed by atoms with Crippen molar-refractivity contribution >= 4 is 29.0 Å². The Morgan fingerprint density at radius 1 is 1.12 bits per heavy atom. The van der Waals surface area contributed by atoms with E-state index in [1.807, 2.05) is 12.1 Å². The van der Waals surface area contributed by atoms with Crippen LogP contribution in [-0.2, 0) is 9.59 Å². The van der Waals surface area contributed by atoms with Crippen molar-refractivity contribution < 1.29 is 14.1 Å². The molecule has 7 heteroatoms. The average molecular weight is 342 g/mol. The number of anilines is 3. The van der Waals surface area contributed by atoms with Crippen molar-refractivity contribution in [2.45, 2.75) is 26.7 Å². The quantitative estimate of drug-likeness (QED) is 0.838. The van der Waals surface area contributed by atoms with E-state index in [9.17, 15) is 9.59 Å². The topological polar surface area (TPSA) is 87.5 Å². The number of piperidine rings is 1. The zero-order chi connectivity index (χ0) is 17.8. The molecule has 1 fully saturated rings. The monoisotopic (exact) mass is 342 g/mol. The fourth-order valence-electron chi connectivity index (χ4n) is 2.81. The maximum atomic E-state index is 12.0. The van der Waals surface area contributed by atoms with Crippen LogP contribution in [0.3, 0.4) is 0 Å². The number of aromatic nitrogens is 1. The number of carbonyl (C=O) groups is 2. The fourth-order valence-corrected chi connectivity index (χ4v) is 2.81. The van der Waals surface area contributed by atoms with E-state index >= 15 is 0 Å². The van der Waals surface area contributed by atoms with E-state index in [0.717, 1.165) is 24.7 Å². The van der Waals surface area contributed by atoms with E-state index in [4.69, 9.17) is 4.52 Å². The molecule has 1 saturated heterocycles. The minimum atomic E-state index is -0.789. The van der Waals surface area contributed by atoms with Gasteiger partial charge in [-0.25, -0.2) is 0 Å². The summed E-state index contributed by atoms with van der Waals surface area (Å²) in [6.07, 6.45) is 2.39. The van der Waals surface area contributed by atoms with Crippen LogP contribution in [0.2, 0.25) is 0 Å². The van der Waals surface area contributed by atoms with Gasteiger partial charge in [-0.2, -0.15) is 0 Å². The van der Waals surface area contributed by atoms with E-state index in [-0.39, 0.29) is 5.82 Å². The van der Waals surface area contributed by atoms with Gasteiger partial charge in [0.2, 0.25) is 0 Å². The first-order chi connectivity index (χ1) is 12.0. The predicted molar refractivity (Wildman–Crippen MR) is 95.6 cm³/mol. The third-order valence-corrected chi connectivity index (χ3v) is 4.35. The van der Waals surface area contributed by atoms with Gasteiger partial charge in [0.15, 0.2) is 5.82 Å². The van der Waals surface area contributed by atoms with Crippen LogP contribution in [0.25, 0.3) is 0 Å². The summed E-state index contributed by atoms with van der Waals surface area (Å²) in [5.41, 5.74) is 1.71. The second kappa shape index (κ2) is 7.38. The molecule has 7 nitrogen and oxygen atoms in total. The molecule has 0 spiro atoms. The van der Waals surface area contributed by atoms with Gasteiger partial charge < -0.3 is 14.7 Å². The van der Waals surface area contributed by atoms with Crippen LogP contribution in [-0.4, -0.2) is 30.1 Å². The van der Waals surface area contributed by atoms with Crippen LogP contribution in [0.15, 0.2) is 34.9 Å². The maximum absolute atomic E-state index is 12.0. The number of hydrogen-bond donors (Lipinski definition) is 2. The van der Waals surface area contributed by atoms with Gasteiger partial charge in [-0.1, -0.05) is 12.1 Å². The molecule has 2 amide bonds. The van der Waals surface area contributed by atoms with Crippen LogP contribution < -0.4 is 15.5 Å². The Morgan fingerprint density at radius 2 is 1.76 bits per heavy atom. The molecule has 0 aliphatic carbocycles. The van der Waals surface area contributed by atoms with Crippen LogP contribution in [0, 0.1) is 12.8 Å². The number of hydrogen-bond acceptors (Lipinski definition) is 5. The number of nitrogens with zero attached hydrogens (tertiary/aromatic N) is 2. The summed E-state index contributed by atoms with van der Waals surface area (Å²) in [6.45, 7) is 6.08. The van der Waals surface area contributed by atoms with Crippen molar-refractivity contribution in [3.05, 3.63) is 36.1 Å². The lowest BCUT2D eigenvalue weighted by atomic mass is 9.99. The summed E-state index contributed by atoms with van der Waals surface area (Å²) in [5.74, 6) is 0.00940. The molecule has 2 N–H and O–H groups in total. The summed E-state index contributed by atoms with van der Waals surface area (Å²) in [4.78, 5) is 26.2. The molecule has 2 aromatic rings. The Morgan fingerprint density at radius 3 is 2.36 bits per heavy atom. The highest BCUT2D eigenvalue weighted by Crippen LogP contribution is 2.24. The van der Waals surface area contributed by atoms with Crippen molar-refractivity contribution in [2.75, 3.05) is 28.6 Å². The molecule has 1 aromatic heterocycles. The van der Waals surface area contributed by atoms with Gasteiger partial charge in [-0.15, -0.1) is 0 Å². The van der Waals surface area contributed by atoms with Crippen LogP contribution in [0.5, 0.6) is 0 Å². The van der Waals surface area contributed by atoms with Gasteiger partial charge in [0.1, 0.15) is 5.76 Å². The summed E-state index contributed by atoms with van der Waals surface area (Å²) in [7, 11) is 0. The number of amides is 2. The highest BCUT2D eigenvalue weighted by Gasteiger charge is 2.17. The van der Waals surface area contributed by atoms with E-state index in [1.54, 1.807) is 25.1 Å². The lowest BCUT2D eigenvalue weighted by Gasteiger charge is -2.32. The number of nitrogens with one attached hydrogen (secondary N) is 2. The normalized spacial score (nSPS) is 15.0.